The van der Waals surface area contributed by atoms with E-state index in [9.17, 15) is 9.59 Å². The lowest BCUT2D eigenvalue weighted by Gasteiger charge is -2.39. The third kappa shape index (κ3) is 4.13. The lowest BCUT2D eigenvalue weighted by molar-refractivity contribution is -0.139. The van der Waals surface area contributed by atoms with E-state index in [2.05, 4.69) is 41.8 Å². The summed E-state index contributed by atoms with van der Waals surface area (Å²) >= 11 is 2.26. The Balaban J connectivity index is 2.12. The summed E-state index contributed by atoms with van der Waals surface area (Å²) in [7, 11) is 0. The number of hydrogen-bond donors (Lipinski definition) is 1. The highest BCUT2D eigenvalue weighted by Crippen LogP contribution is 2.46. The van der Waals surface area contributed by atoms with Crippen LogP contribution in [0.15, 0.2) is 46.8 Å². The Bertz CT molecular complexity index is 834. The number of dihydropyridines is 1. The number of carbonyl (C=O) groups is 2. The molecule has 1 heterocycles. The molecule has 2 aliphatic rings. The van der Waals surface area contributed by atoms with E-state index < -0.39 is 0 Å². The summed E-state index contributed by atoms with van der Waals surface area (Å²) in [6.07, 6.45) is 2.05. The van der Waals surface area contributed by atoms with Crippen molar-refractivity contribution in [2.75, 3.05) is 6.61 Å². The van der Waals surface area contributed by atoms with E-state index in [1.807, 2.05) is 38.1 Å². The first kappa shape index (κ1) is 20.1. The molecule has 1 aliphatic carbocycles. The highest BCUT2D eigenvalue weighted by molar-refractivity contribution is 14.1. The van der Waals surface area contributed by atoms with E-state index >= 15 is 0 Å². The minimum Gasteiger partial charge on any atom is -0.462 e. The van der Waals surface area contributed by atoms with Gasteiger partial charge in [0.05, 0.1) is 12.2 Å². The molecule has 1 N–H and O–H groups in total. The van der Waals surface area contributed by atoms with Crippen LogP contribution >= 0.6 is 22.6 Å². The number of esters is 1. The van der Waals surface area contributed by atoms with Gasteiger partial charge >= 0.3 is 5.97 Å². The zero-order valence-corrected chi connectivity index (χ0v) is 18.5. The van der Waals surface area contributed by atoms with Crippen molar-refractivity contribution in [3.05, 3.63) is 55.9 Å². The van der Waals surface area contributed by atoms with Gasteiger partial charge in [-0.05, 0) is 65.5 Å². The molecule has 0 spiro atoms. The van der Waals surface area contributed by atoms with Gasteiger partial charge in [-0.3, -0.25) is 4.79 Å². The van der Waals surface area contributed by atoms with Gasteiger partial charge in [0.2, 0.25) is 0 Å². The maximum atomic E-state index is 13.1. The van der Waals surface area contributed by atoms with Crippen molar-refractivity contribution in [1.82, 2.24) is 5.32 Å². The molecule has 1 aromatic rings. The highest BCUT2D eigenvalue weighted by Gasteiger charge is 2.43. The molecule has 0 saturated carbocycles. The molecule has 144 valence electrons. The Morgan fingerprint density at radius 1 is 1.26 bits per heavy atom. The molecule has 0 radical (unpaired) electrons. The predicted molar refractivity (Wildman–Crippen MR) is 114 cm³/mol. The van der Waals surface area contributed by atoms with Gasteiger partial charge in [0.25, 0.3) is 0 Å². The number of benzene rings is 1. The van der Waals surface area contributed by atoms with Crippen LogP contribution in [0.4, 0.5) is 0 Å². The van der Waals surface area contributed by atoms with E-state index in [0.717, 1.165) is 38.9 Å². The van der Waals surface area contributed by atoms with Crippen molar-refractivity contribution in [1.29, 1.82) is 0 Å². The van der Waals surface area contributed by atoms with Gasteiger partial charge in [0, 0.05) is 32.9 Å². The lowest BCUT2D eigenvalue weighted by Crippen LogP contribution is -2.38. The molecule has 0 fully saturated rings. The zero-order chi connectivity index (χ0) is 19.8. The van der Waals surface area contributed by atoms with Crippen molar-refractivity contribution >= 4 is 34.3 Å². The average molecular weight is 479 g/mol. The molecule has 5 heteroatoms. The Morgan fingerprint density at radius 3 is 2.56 bits per heavy atom. The number of carbonyl (C=O) groups excluding carboxylic acids is 2. The van der Waals surface area contributed by atoms with Crippen molar-refractivity contribution in [3.63, 3.8) is 0 Å². The minimum absolute atomic E-state index is 0.0833. The van der Waals surface area contributed by atoms with Crippen molar-refractivity contribution in [2.45, 2.75) is 52.9 Å². The predicted octanol–water partition coefficient (Wildman–Crippen LogP) is 4.85. The zero-order valence-electron chi connectivity index (χ0n) is 16.3. The Morgan fingerprint density at radius 2 is 1.93 bits per heavy atom. The molecule has 0 amide bonds. The summed E-state index contributed by atoms with van der Waals surface area (Å²) in [4.78, 5) is 26.0. The summed E-state index contributed by atoms with van der Waals surface area (Å²) in [6, 6.07) is 8.05. The molecule has 1 aromatic carbocycles. The largest absolute Gasteiger partial charge is 0.462 e. The third-order valence-electron chi connectivity index (χ3n) is 5.10. The molecule has 27 heavy (non-hydrogen) atoms. The number of halogens is 1. The summed E-state index contributed by atoms with van der Waals surface area (Å²) in [6.45, 7) is 8.47. The number of nitrogens with one attached hydrogen (secondary N) is 1. The highest BCUT2D eigenvalue weighted by atomic mass is 127. The maximum Gasteiger partial charge on any atom is 0.336 e. The monoisotopic (exact) mass is 479 g/mol. The Labute approximate surface area is 174 Å². The van der Waals surface area contributed by atoms with Crippen LogP contribution in [-0.2, 0) is 14.3 Å². The van der Waals surface area contributed by atoms with Crippen molar-refractivity contribution in [3.8, 4) is 0 Å². The topological polar surface area (TPSA) is 55.4 Å². The van der Waals surface area contributed by atoms with Crippen LogP contribution in [0.5, 0.6) is 0 Å². The quantitative estimate of drug-likeness (QED) is 0.496. The number of rotatable bonds is 4. The van der Waals surface area contributed by atoms with Crippen LogP contribution in [0.2, 0.25) is 0 Å². The molecule has 0 bridgehead atoms. The van der Waals surface area contributed by atoms with E-state index in [1.54, 1.807) is 0 Å². The van der Waals surface area contributed by atoms with Crippen LogP contribution in [0, 0.1) is 8.99 Å². The summed E-state index contributed by atoms with van der Waals surface area (Å²) in [5, 5.41) is 3.36. The van der Waals surface area contributed by atoms with Crippen LogP contribution in [0.3, 0.4) is 0 Å². The number of allylic oxidation sites excluding steroid dienone is 3. The van der Waals surface area contributed by atoms with Crippen molar-refractivity contribution in [2.24, 2.45) is 5.41 Å². The number of ether oxygens (including phenoxy) is 1. The number of ketones is 1. The van der Waals surface area contributed by atoms with Gasteiger partial charge < -0.3 is 10.1 Å². The average Bonchev–Trinajstić information content (AvgIpc) is 2.58. The van der Waals surface area contributed by atoms with E-state index in [4.69, 9.17) is 4.74 Å². The normalized spacial score (nSPS) is 21.7. The SMILES string of the molecule is CCCOC(=O)C1=C(C)NC2=C(C(=O)CC(C)(C)C2)[C@H]1c1ccc(I)cc1. The fourth-order valence-corrected chi connectivity index (χ4v) is 4.33. The standard InChI is InChI=1S/C22H26INO3/c1-5-10-27-21(26)18-13(2)24-16-11-22(3,4)12-17(25)20(16)19(18)14-6-8-15(23)9-7-14/h6-9,19,24H,5,10-12H2,1-4H3/t19-/m0/s1. The van der Waals surface area contributed by atoms with E-state index in [1.165, 1.54) is 0 Å². The first-order valence-electron chi connectivity index (χ1n) is 9.40. The Kier molecular flexibility index (Phi) is 5.79. The second kappa shape index (κ2) is 7.78. The van der Waals surface area contributed by atoms with Gasteiger partial charge in [-0.25, -0.2) is 4.79 Å². The molecular formula is C22H26INO3. The fraction of sp³-hybridized carbons (Fsp3) is 0.455. The molecule has 3 rings (SSSR count). The molecule has 4 nitrogen and oxygen atoms in total. The van der Waals surface area contributed by atoms with Crippen LogP contribution < -0.4 is 5.32 Å². The van der Waals surface area contributed by atoms with Gasteiger partial charge in [-0.1, -0.05) is 32.9 Å². The van der Waals surface area contributed by atoms with E-state index in [-0.39, 0.29) is 23.1 Å². The third-order valence-corrected chi connectivity index (χ3v) is 5.82. The van der Waals surface area contributed by atoms with E-state index in [0.29, 0.717) is 18.6 Å². The van der Waals surface area contributed by atoms with Crippen LogP contribution in [-0.4, -0.2) is 18.4 Å². The summed E-state index contributed by atoms with van der Waals surface area (Å²) in [5.74, 6) is -0.591. The van der Waals surface area contributed by atoms with Crippen LogP contribution in [0.1, 0.15) is 58.4 Å². The first-order chi connectivity index (χ1) is 12.7. The van der Waals surface area contributed by atoms with Crippen molar-refractivity contribution < 1.29 is 14.3 Å². The Hall–Kier alpha value is -1.63. The second-order valence-electron chi connectivity index (χ2n) is 8.12. The molecule has 0 unspecified atom stereocenters. The molecule has 1 aliphatic heterocycles. The number of Topliss-reactive ketones (excluding diaryl/α,β-unsaturated/α-hetero) is 1. The summed E-state index contributed by atoms with van der Waals surface area (Å²) in [5.41, 5.74) is 3.88. The molecule has 1 atom stereocenters. The molecule has 0 aromatic heterocycles. The first-order valence-corrected chi connectivity index (χ1v) is 10.5. The smallest absolute Gasteiger partial charge is 0.336 e. The minimum atomic E-state index is -0.369. The number of hydrogen-bond acceptors (Lipinski definition) is 4. The van der Waals surface area contributed by atoms with Gasteiger partial charge in [-0.2, -0.15) is 0 Å². The maximum absolute atomic E-state index is 13.1. The summed E-state index contributed by atoms with van der Waals surface area (Å²) < 4.78 is 6.58. The fourth-order valence-electron chi connectivity index (χ4n) is 3.97. The van der Waals surface area contributed by atoms with Gasteiger partial charge in [0.1, 0.15) is 0 Å². The molecule has 0 saturated heterocycles. The lowest BCUT2D eigenvalue weighted by atomic mass is 9.68. The molecular weight excluding hydrogens is 453 g/mol. The van der Waals surface area contributed by atoms with Crippen LogP contribution in [0.25, 0.3) is 0 Å². The van der Waals surface area contributed by atoms with Gasteiger partial charge in [0.15, 0.2) is 5.78 Å². The van der Waals surface area contributed by atoms with Gasteiger partial charge in [-0.15, -0.1) is 0 Å². The second-order valence-corrected chi connectivity index (χ2v) is 9.36.